The van der Waals surface area contributed by atoms with Crippen molar-refractivity contribution in [1.82, 2.24) is 10.2 Å². The molecule has 0 spiro atoms. The molecule has 24 heavy (non-hydrogen) atoms. The van der Waals surface area contributed by atoms with Gasteiger partial charge in [-0.2, -0.15) is 10.2 Å². The van der Waals surface area contributed by atoms with Gasteiger partial charge < -0.3 is 4.74 Å². The molecule has 0 radical (unpaired) electrons. The van der Waals surface area contributed by atoms with Gasteiger partial charge >= 0.3 is 0 Å². The number of halogens is 2. The lowest BCUT2D eigenvalue weighted by Gasteiger charge is -2.37. The lowest BCUT2D eigenvalue weighted by atomic mass is 9.69. The van der Waals surface area contributed by atoms with Crippen LogP contribution in [0.15, 0.2) is 24.3 Å². The number of nitrogens with zero attached hydrogens (tertiary/aromatic N) is 2. The summed E-state index contributed by atoms with van der Waals surface area (Å²) in [4.78, 5) is 0. The van der Waals surface area contributed by atoms with Crippen LogP contribution in [0.25, 0.3) is 11.3 Å². The molecule has 5 heteroatoms. The summed E-state index contributed by atoms with van der Waals surface area (Å²) in [5.41, 5.74) is 2.97. The molecule has 126 valence electrons. The summed E-state index contributed by atoms with van der Waals surface area (Å²) < 4.78 is 19.8. The minimum atomic E-state index is -0.370. The van der Waals surface area contributed by atoms with Gasteiger partial charge in [0.15, 0.2) is 0 Å². The van der Waals surface area contributed by atoms with Gasteiger partial charge in [0.05, 0.1) is 28.6 Å². The third-order valence-corrected chi connectivity index (χ3v) is 6.54. The lowest BCUT2D eigenvalue weighted by Crippen LogP contribution is -2.39. The van der Waals surface area contributed by atoms with E-state index in [1.54, 1.807) is 19.2 Å². The van der Waals surface area contributed by atoms with E-state index in [0.29, 0.717) is 28.8 Å². The van der Waals surface area contributed by atoms with Gasteiger partial charge in [0, 0.05) is 12.5 Å². The van der Waals surface area contributed by atoms with Crippen molar-refractivity contribution in [2.45, 2.75) is 38.0 Å². The van der Waals surface area contributed by atoms with Gasteiger partial charge in [-0.15, -0.1) is 0 Å². The average molecular weight is 347 g/mol. The summed E-state index contributed by atoms with van der Waals surface area (Å²) >= 11 is 6.20. The minimum Gasteiger partial charge on any atom is -0.384 e. The fourth-order valence-electron chi connectivity index (χ4n) is 4.86. The van der Waals surface area contributed by atoms with E-state index in [9.17, 15) is 4.39 Å². The summed E-state index contributed by atoms with van der Waals surface area (Å²) in [5, 5.41) is 9.21. The van der Waals surface area contributed by atoms with Crippen LogP contribution < -0.4 is 0 Å². The first kappa shape index (κ1) is 16.0. The van der Waals surface area contributed by atoms with Crippen LogP contribution in [-0.2, 0) is 10.2 Å². The molecule has 1 saturated carbocycles. The highest BCUT2D eigenvalue weighted by Crippen LogP contribution is 2.67. The number of methoxy groups -OCH3 is 1. The molecule has 4 rings (SSSR count). The number of fused-ring (bicyclic) bond motifs is 5. The van der Waals surface area contributed by atoms with E-state index >= 15 is 0 Å². The average Bonchev–Trinajstić information content (AvgIpc) is 2.89. The maximum absolute atomic E-state index is 14.3. The van der Waals surface area contributed by atoms with Crippen LogP contribution in [0.5, 0.6) is 0 Å². The molecule has 0 saturated heterocycles. The number of benzene rings is 1. The summed E-state index contributed by atoms with van der Waals surface area (Å²) in [7, 11) is 1.73. The van der Waals surface area contributed by atoms with Crippen LogP contribution >= 0.6 is 11.6 Å². The molecule has 3 nitrogen and oxygen atoms in total. The molecular formula is C19H20ClFN2O. The Balaban J connectivity index is 1.89. The fraction of sp³-hybridized carbons (Fsp3) is 0.474. The van der Waals surface area contributed by atoms with Crippen molar-refractivity contribution in [3.63, 3.8) is 0 Å². The van der Waals surface area contributed by atoms with Crippen molar-refractivity contribution < 1.29 is 9.13 Å². The number of hydrogen-bond acceptors (Lipinski definition) is 3. The zero-order chi connectivity index (χ0) is 17.1. The molecule has 2 bridgehead atoms. The van der Waals surface area contributed by atoms with E-state index in [1.807, 2.05) is 6.07 Å². The number of aromatic nitrogens is 2. The van der Waals surface area contributed by atoms with Gasteiger partial charge in [0.2, 0.25) is 0 Å². The van der Waals surface area contributed by atoms with Gasteiger partial charge in [-0.1, -0.05) is 31.5 Å². The second kappa shape index (κ2) is 5.24. The number of rotatable bonds is 3. The van der Waals surface area contributed by atoms with Gasteiger partial charge in [-0.05, 0) is 47.9 Å². The SMILES string of the molecule is COC[C@]12CC[C@H](c3cc(-c4c(F)cccc4Cl)nnc31)C2(C)C. The maximum Gasteiger partial charge on any atom is 0.134 e. The van der Waals surface area contributed by atoms with Crippen LogP contribution in [0.3, 0.4) is 0 Å². The van der Waals surface area contributed by atoms with Crippen molar-refractivity contribution >= 4 is 11.6 Å². The highest BCUT2D eigenvalue weighted by molar-refractivity contribution is 6.33. The topological polar surface area (TPSA) is 35.0 Å². The Morgan fingerprint density at radius 2 is 2.12 bits per heavy atom. The molecule has 1 fully saturated rings. The highest BCUT2D eigenvalue weighted by atomic mass is 35.5. The third-order valence-electron chi connectivity index (χ3n) is 6.23. The minimum absolute atomic E-state index is 0.0532. The summed E-state index contributed by atoms with van der Waals surface area (Å²) in [5.74, 6) is 0.0215. The molecule has 2 aliphatic carbocycles. The normalized spacial score (nSPS) is 26.6. The van der Waals surface area contributed by atoms with E-state index in [-0.39, 0.29) is 16.6 Å². The monoisotopic (exact) mass is 346 g/mol. The third kappa shape index (κ3) is 1.87. The van der Waals surface area contributed by atoms with Crippen molar-refractivity contribution in [1.29, 1.82) is 0 Å². The van der Waals surface area contributed by atoms with Gasteiger partial charge in [-0.3, -0.25) is 0 Å². The zero-order valence-electron chi connectivity index (χ0n) is 14.1. The Morgan fingerprint density at radius 1 is 1.33 bits per heavy atom. The van der Waals surface area contributed by atoms with E-state index in [1.165, 1.54) is 11.6 Å². The summed E-state index contributed by atoms with van der Waals surface area (Å²) in [6.07, 6.45) is 2.15. The standard InChI is InChI=1S/C19H20ClFN2O/c1-18(2)12-7-8-19(18,10-24-3)17-11(12)9-15(22-23-17)16-13(20)5-4-6-14(16)21/h4-6,9,12H,7-8,10H2,1-3H3/t12-,19-/m1/s1. The second-order valence-corrected chi connectivity index (χ2v) is 7.87. The molecule has 1 aromatic carbocycles. The Morgan fingerprint density at radius 3 is 2.83 bits per heavy atom. The summed E-state index contributed by atoms with van der Waals surface area (Å²) in [6, 6.07) is 6.66. The molecule has 0 unspecified atom stereocenters. The zero-order valence-corrected chi connectivity index (χ0v) is 14.8. The van der Waals surface area contributed by atoms with Gasteiger partial charge in [-0.25, -0.2) is 4.39 Å². The quantitative estimate of drug-likeness (QED) is 0.805. The molecule has 0 aliphatic heterocycles. The van der Waals surface area contributed by atoms with Crippen molar-refractivity contribution in [2.75, 3.05) is 13.7 Å². The Kier molecular flexibility index (Phi) is 3.49. The van der Waals surface area contributed by atoms with E-state index in [2.05, 4.69) is 24.0 Å². The van der Waals surface area contributed by atoms with E-state index < -0.39 is 0 Å². The molecule has 0 amide bonds. The number of ether oxygens (including phenoxy) is 1. The van der Waals surface area contributed by atoms with E-state index in [4.69, 9.17) is 16.3 Å². The smallest absolute Gasteiger partial charge is 0.134 e. The predicted octanol–water partition coefficient (Wildman–Crippen LogP) is 4.74. The maximum atomic E-state index is 14.3. The fourth-order valence-corrected chi connectivity index (χ4v) is 5.12. The summed E-state index contributed by atoms with van der Waals surface area (Å²) in [6.45, 7) is 5.19. The molecule has 2 aromatic rings. The van der Waals surface area contributed by atoms with Crippen LogP contribution in [0, 0.1) is 11.2 Å². The van der Waals surface area contributed by atoms with Crippen molar-refractivity contribution in [3.8, 4) is 11.3 Å². The first-order valence-electron chi connectivity index (χ1n) is 8.24. The molecule has 1 aromatic heterocycles. The molecule has 1 heterocycles. The molecule has 2 atom stereocenters. The Labute approximate surface area is 146 Å². The first-order valence-corrected chi connectivity index (χ1v) is 8.61. The Bertz CT molecular complexity index is 803. The van der Waals surface area contributed by atoms with Gasteiger partial charge in [0.25, 0.3) is 0 Å². The van der Waals surface area contributed by atoms with Crippen molar-refractivity contribution in [2.24, 2.45) is 5.41 Å². The molecule has 0 N–H and O–H groups in total. The van der Waals surface area contributed by atoms with Crippen LogP contribution in [0.4, 0.5) is 4.39 Å². The molecular weight excluding hydrogens is 327 g/mol. The highest BCUT2D eigenvalue weighted by Gasteiger charge is 2.63. The van der Waals surface area contributed by atoms with E-state index in [0.717, 1.165) is 18.5 Å². The van der Waals surface area contributed by atoms with Crippen LogP contribution in [0.1, 0.15) is 43.9 Å². The Hall–Kier alpha value is -1.52. The van der Waals surface area contributed by atoms with Crippen LogP contribution in [0.2, 0.25) is 5.02 Å². The van der Waals surface area contributed by atoms with Crippen molar-refractivity contribution in [3.05, 3.63) is 46.4 Å². The predicted molar refractivity (Wildman–Crippen MR) is 91.7 cm³/mol. The lowest BCUT2D eigenvalue weighted by molar-refractivity contribution is 0.0714. The first-order chi connectivity index (χ1) is 11.4. The van der Waals surface area contributed by atoms with Gasteiger partial charge in [0.1, 0.15) is 5.82 Å². The number of hydrogen-bond donors (Lipinski definition) is 0. The molecule has 2 aliphatic rings. The largest absolute Gasteiger partial charge is 0.384 e. The second-order valence-electron chi connectivity index (χ2n) is 7.46. The van der Waals surface area contributed by atoms with Crippen LogP contribution in [-0.4, -0.2) is 23.9 Å².